The third kappa shape index (κ3) is 9.79. The van der Waals surface area contributed by atoms with E-state index in [2.05, 4.69) is 155 Å². The normalized spacial score (nSPS) is 16.4. The second-order valence-corrected chi connectivity index (χ2v) is 18.6. The summed E-state index contributed by atoms with van der Waals surface area (Å²) in [4.78, 5) is 2.15. The summed E-state index contributed by atoms with van der Waals surface area (Å²) in [7, 11) is 5.84. The van der Waals surface area contributed by atoms with E-state index in [-0.39, 0.29) is 6.61 Å². The Balaban J connectivity index is 1.13. The van der Waals surface area contributed by atoms with Crippen molar-refractivity contribution >= 4 is 28.1 Å². The molecule has 0 aromatic heterocycles. The standard InChI is InChI=1S/C60H67NO8/c1-40-7-17-51-52-20-14-45(50-19-12-44-11-18-49-41(2)8-9-43-13-21-53(50)59(44)58(43)49)37-55(52)60(54(51)35-40,47-15-10-46(42(3)36-47)39-68-32-31-66-28-27-64-24-23-62)48-16-22-57(56(38-48)61(4)5)69-34-33-67-30-29-65-26-25-63-6/h7-10,12-22,35-38,41,62H,11,23-34,39H2,1-6H3. The van der Waals surface area contributed by atoms with Crippen LogP contribution in [-0.2, 0) is 46.9 Å². The zero-order chi connectivity index (χ0) is 47.9. The van der Waals surface area contributed by atoms with E-state index in [0.717, 1.165) is 34.5 Å². The molecule has 2 atom stereocenters. The first-order chi connectivity index (χ1) is 33.7. The first-order valence-corrected chi connectivity index (χ1v) is 24.5. The van der Waals surface area contributed by atoms with Crippen LogP contribution in [0.25, 0.3) is 44.7 Å². The smallest absolute Gasteiger partial charge is 0.142 e. The second-order valence-electron chi connectivity index (χ2n) is 18.6. The number of benzene rings is 6. The zero-order valence-electron chi connectivity index (χ0n) is 41.2. The summed E-state index contributed by atoms with van der Waals surface area (Å²) in [5, 5.41) is 11.7. The lowest BCUT2D eigenvalue weighted by Crippen LogP contribution is -2.29. The van der Waals surface area contributed by atoms with E-state index in [1.807, 2.05) is 0 Å². The fraction of sp³-hybridized carbons (Fsp3) is 0.367. The number of hydrogen-bond donors (Lipinski definition) is 1. The summed E-state index contributed by atoms with van der Waals surface area (Å²) in [6.45, 7) is 12.3. The Morgan fingerprint density at radius 1 is 0.652 bits per heavy atom. The average molecular weight is 930 g/mol. The molecule has 0 amide bonds. The Morgan fingerprint density at radius 2 is 1.32 bits per heavy atom. The van der Waals surface area contributed by atoms with E-state index < -0.39 is 5.41 Å². The van der Waals surface area contributed by atoms with Crippen LogP contribution in [0.3, 0.4) is 0 Å². The maximum atomic E-state index is 8.96. The predicted molar refractivity (Wildman–Crippen MR) is 278 cm³/mol. The van der Waals surface area contributed by atoms with Gasteiger partial charge in [0.1, 0.15) is 12.4 Å². The van der Waals surface area contributed by atoms with Crippen LogP contribution in [0, 0.1) is 19.8 Å². The lowest BCUT2D eigenvalue weighted by atomic mass is 9.66. The lowest BCUT2D eigenvalue weighted by Gasteiger charge is -2.36. The Morgan fingerprint density at radius 3 is 2.06 bits per heavy atom. The molecular weight excluding hydrogens is 863 g/mol. The number of methoxy groups -OCH3 is 1. The van der Waals surface area contributed by atoms with Crippen molar-refractivity contribution in [3.63, 3.8) is 0 Å². The van der Waals surface area contributed by atoms with Crippen molar-refractivity contribution in [3.05, 3.63) is 165 Å². The minimum atomic E-state index is -0.686. The van der Waals surface area contributed by atoms with E-state index in [9.17, 15) is 0 Å². The van der Waals surface area contributed by atoms with Crippen molar-refractivity contribution < 1.29 is 38.3 Å². The van der Waals surface area contributed by atoms with Gasteiger partial charge in [-0.1, -0.05) is 110 Å². The van der Waals surface area contributed by atoms with Crippen molar-refractivity contribution in [1.82, 2.24) is 0 Å². The van der Waals surface area contributed by atoms with E-state index in [4.69, 9.17) is 38.3 Å². The number of aryl methyl sites for hydroxylation is 2. The molecule has 3 aliphatic carbocycles. The molecule has 0 aliphatic heterocycles. The molecule has 0 heterocycles. The first-order valence-electron chi connectivity index (χ1n) is 24.5. The molecule has 0 bridgehead atoms. The van der Waals surface area contributed by atoms with Crippen LogP contribution in [0.1, 0.15) is 62.6 Å². The van der Waals surface area contributed by atoms with Gasteiger partial charge in [0, 0.05) is 21.2 Å². The van der Waals surface area contributed by atoms with Gasteiger partial charge in [0.15, 0.2) is 0 Å². The summed E-state index contributed by atoms with van der Waals surface area (Å²) in [5.41, 5.74) is 19.1. The van der Waals surface area contributed by atoms with Crippen molar-refractivity contribution in [2.24, 2.45) is 5.92 Å². The Labute approximate surface area is 408 Å². The number of anilines is 1. The van der Waals surface area contributed by atoms with Crippen LogP contribution < -0.4 is 9.64 Å². The third-order valence-electron chi connectivity index (χ3n) is 14.0. The SMILES string of the molecule is COCCOCCOCCOc1ccc(C2(c3ccc(COCCOCCOCCO)c(C)c3)c3cc(C)ccc3-c3ccc(-c4ccc5c6c7c(ccc46)C=CC(C)C7=CC5)cc32)cc1N(C)C. The monoisotopic (exact) mass is 929 g/mol. The van der Waals surface area contributed by atoms with Crippen molar-refractivity contribution in [3.8, 4) is 28.0 Å². The molecule has 6 aromatic rings. The highest BCUT2D eigenvalue weighted by Gasteiger charge is 2.47. The molecule has 3 aliphatic rings. The molecule has 9 nitrogen and oxygen atoms in total. The molecule has 0 spiro atoms. The molecule has 0 saturated heterocycles. The van der Waals surface area contributed by atoms with E-state index >= 15 is 0 Å². The topological polar surface area (TPSA) is 88.1 Å². The second kappa shape index (κ2) is 22.0. The highest BCUT2D eigenvalue weighted by molar-refractivity contribution is 6.09. The maximum absolute atomic E-state index is 8.96. The molecule has 0 saturated carbocycles. The first kappa shape index (κ1) is 48.4. The Hall–Kier alpha value is -5.62. The van der Waals surface area contributed by atoms with Gasteiger partial charge < -0.3 is 43.2 Å². The van der Waals surface area contributed by atoms with Gasteiger partial charge in [0.05, 0.1) is 90.4 Å². The van der Waals surface area contributed by atoms with E-state index in [0.29, 0.717) is 85.2 Å². The molecule has 1 N–H and O–H groups in total. The third-order valence-corrected chi connectivity index (χ3v) is 14.0. The van der Waals surface area contributed by atoms with Gasteiger partial charge in [0.25, 0.3) is 0 Å². The highest BCUT2D eigenvalue weighted by atomic mass is 16.6. The number of fused-ring (bicyclic) bond motifs is 3. The average Bonchev–Trinajstić information content (AvgIpc) is 3.64. The van der Waals surface area contributed by atoms with Gasteiger partial charge in [-0.2, -0.15) is 0 Å². The van der Waals surface area contributed by atoms with E-state index in [1.165, 1.54) is 77.5 Å². The highest BCUT2D eigenvalue weighted by Crippen LogP contribution is 2.58. The van der Waals surface area contributed by atoms with Crippen molar-refractivity contribution in [2.75, 3.05) is 105 Å². The molecule has 2 unspecified atom stereocenters. The number of aliphatic hydroxyl groups is 1. The minimum absolute atomic E-state index is 0.00836. The fourth-order valence-electron chi connectivity index (χ4n) is 10.6. The van der Waals surface area contributed by atoms with Gasteiger partial charge in [-0.25, -0.2) is 0 Å². The van der Waals surface area contributed by atoms with Crippen LogP contribution in [0.2, 0.25) is 0 Å². The molecule has 6 aromatic carbocycles. The summed E-state index contributed by atoms with van der Waals surface area (Å²) in [6, 6.07) is 37.2. The van der Waals surface area contributed by atoms with Gasteiger partial charge in [0.2, 0.25) is 0 Å². The number of nitrogens with zero attached hydrogens (tertiary/aromatic N) is 1. The van der Waals surface area contributed by atoms with E-state index in [1.54, 1.807) is 7.11 Å². The molecule has 9 heteroatoms. The summed E-state index contributed by atoms with van der Waals surface area (Å²) in [6.07, 6.45) is 8.04. The fourth-order valence-corrected chi connectivity index (χ4v) is 10.6. The summed E-state index contributed by atoms with van der Waals surface area (Å²) in [5.74, 6) is 1.19. The number of hydrogen-bond acceptors (Lipinski definition) is 9. The molecule has 69 heavy (non-hydrogen) atoms. The summed E-state index contributed by atoms with van der Waals surface area (Å²) < 4.78 is 40.2. The van der Waals surface area contributed by atoms with Gasteiger partial charge in [-0.3, -0.25) is 0 Å². The quantitative estimate of drug-likeness (QED) is 0.0595. The van der Waals surface area contributed by atoms with Crippen molar-refractivity contribution in [1.29, 1.82) is 0 Å². The predicted octanol–water partition coefficient (Wildman–Crippen LogP) is 10.8. The summed E-state index contributed by atoms with van der Waals surface area (Å²) >= 11 is 0. The largest absolute Gasteiger partial charge is 0.489 e. The van der Waals surface area contributed by atoms with Crippen LogP contribution in [-0.4, -0.2) is 106 Å². The number of allylic oxidation sites excluding steroid dienone is 3. The van der Waals surface area contributed by atoms with Crippen LogP contribution in [0.5, 0.6) is 5.75 Å². The maximum Gasteiger partial charge on any atom is 0.142 e. The van der Waals surface area contributed by atoms with Gasteiger partial charge in [-0.15, -0.1) is 0 Å². The molecular formula is C60H67NO8. The van der Waals surface area contributed by atoms with Crippen LogP contribution in [0.15, 0.2) is 109 Å². The van der Waals surface area contributed by atoms with Crippen LogP contribution >= 0.6 is 0 Å². The van der Waals surface area contributed by atoms with Crippen LogP contribution in [0.4, 0.5) is 5.69 Å². The Bertz CT molecular complexity index is 2850. The Kier molecular flexibility index (Phi) is 15.4. The minimum Gasteiger partial charge on any atom is -0.489 e. The van der Waals surface area contributed by atoms with Gasteiger partial charge in [-0.05, 0) is 133 Å². The molecule has 360 valence electrons. The number of rotatable bonds is 24. The zero-order valence-corrected chi connectivity index (χ0v) is 41.2. The number of ether oxygens (including phenoxy) is 7. The lowest BCUT2D eigenvalue weighted by molar-refractivity contribution is 0.00444. The number of aliphatic hydroxyl groups excluding tert-OH is 1. The molecule has 0 fully saturated rings. The van der Waals surface area contributed by atoms with Gasteiger partial charge >= 0.3 is 0 Å². The van der Waals surface area contributed by atoms with Crippen molar-refractivity contribution in [2.45, 2.75) is 39.2 Å². The molecule has 9 rings (SSSR count). The molecule has 0 radical (unpaired) electrons.